The number of primary amides is 1. The number of anilines is 1. The molecule has 2 N–H and O–H groups in total. The molecular weight excluding hydrogens is 318 g/mol. The summed E-state index contributed by atoms with van der Waals surface area (Å²) >= 11 is 0. The fourth-order valence-corrected chi connectivity index (χ4v) is 3.81. The number of benzene rings is 2. The zero-order valence-corrected chi connectivity index (χ0v) is 13.8. The molecule has 1 fully saturated rings. The van der Waals surface area contributed by atoms with Crippen LogP contribution in [-0.4, -0.2) is 42.3 Å². The molecule has 128 valence electrons. The summed E-state index contributed by atoms with van der Waals surface area (Å²) in [4.78, 5) is 40.1. The Kier molecular flexibility index (Phi) is 3.67. The van der Waals surface area contributed by atoms with Crippen molar-refractivity contribution in [1.82, 2.24) is 4.90 Å². The minimum atomic E-state index is -0.369. The van der Waals surface area contributed by atoms with Gasteiger partial charge >= 0.3 is 0 Å². The van der Waals surface area contributed by atoms with Gasteiger partial charge in [-0.3, -0.25) is 19.3 Å². The fourth-order valence-electron chi connectivity index (χ4n) is 3.81. The standard InChI is InChI=1S/C19H19N3O3/c20-18(24)13-6-3-9-21(10-13)16(23)11-22-15-8-2-5-12-4-1-7-14(17(12)15)19(22)25/h1-2,4-5,7-8,13H,3,6,9-11H2,(H2,20,24). The third kappa shape index (κ3) is 2.54. The van der Waals surface area contributed by atoms with E-state index in [0.29, 0.717) is 25.1 Å². The van der Waals surface area contributed by atoms with Gasteiger partial charge in [-0.1, -0.05) is 24.3 Å². The van der Waals surface area contributed by atoms with E-state index in [2.05, 4.69) is 0 Å². The predicted molar refractivity (Wildman–Crippen MR) is 94.1 cm³/mol. The molecule has 0 radical (unpaired) electrons. The van der Waals surface area contributed by atoms with Gasteiger partial charge in [0.15, 0.2) is 0 Å². The second kappa shape index (κ2) is 5.88. The highest BCUT2D eigenvalue weighted by molar-refractivity contribution is 6.26. The third-order valence-corrected chi connectivity index (χ3v) is 5.12. The van der Waals surface area contributed by atoms with Crippen molar-refractivity contribution in [1.29, 1.82) is 0 Å². The molecule has 6 nitrogen and oxygen atoms in total. The van der Waals surface area contributed by atoms with Crippen molar-refractivity contribution in [3.8, 4) is 0 Å². The van der Waals surface area contributed by atoms with Crippen LogP contribution in [-0.2, 0) is 9.59 Å². The molecule has 6 heteroatoms. The van der Waals surface area contributed by atoms with Crippen LogP contribution in [0.4, 0.5) is 5.69 Å². The van der Waals surface area contributed by atoms with Gasteiger partial charge in [-0.05, 0) is 30.4 Å². The summed E-state index contributed by atoms with van der Waals surface area (Å²) in [5.41, 5.74) is 6.79. The van der Waals surface area contributed by atoms with Crippen LogP contribution >= 0.6 is 0 Å². The Morgan fingerprint density at radius 2 is 1.92 bits per heavy atom. The lowest BCUT2D eigenvalue weighted by Crippen LogP contribution is -2.48. The molecule has 3 amide bonds. The molecule has 0 aliphatic carbocycles. The number of nitrogens with two attached hydrogens (primary N) is 1. The maximum atomic E-state index is 12.7. The normalized spacial score (nSPS) is 19.5. The minimum absolute atomic E-state index is 0.0158. The van der Waals surface area contributed by atoms with E-state index in [0.717, 1.165) is 22.9 Å². The highest BCUT2D eigenvalue weighted by atomic mass is 16.2. The smallest absolute Gasteiger partial charge is 0.259 e. The van der Waals surface area contributed by atoms with Crippen LogP contribution in [0.15, 0.2) is 36.4 Å². The Morgan fingerprint density at radius 3 is 2.68 bits per heavy atom. The van der Waals surface area contributed by atoms with Crippen molar-refractivity contribution in [2.24, 2.45) is 11.7 Å². The zero-order valence-electron chi connectivity index (χ0n) is 13.8. The quantitative estimate of drug-likeness (QED) is 0.922. The number of carbonyl (C=O) groups excluding carboxylic acids is 3. The lowest BCUT2D eigenvalue weighted by atomic mass is 9.97. The lowest BCUT2D eigenvalue weighted by molar-refractivity contribution is -0.133. The van der Waals surface area contributed by atoms with E-state index in [1.807, 2.05) is 30.3 Å². The number of likely N-dealkylation sites (tertiary alicyclic amines) is 1. The summed E-state index contributed by atoms with van der Waals surface area (Å²) in [6, 6.07) is 11.3. The number of carbonyl (C=O) groups is 3. The first-order valence-electron chi connectivity index (χ1n) is 8.47. The summed E-state index contributed by atoms with van der Waals surface area (Å²) in [5, 5.41) is 1.89. The predicted octanol–water partition coefficient (Wildman–Crippen LogP) is 1.52. The van der Waals surface area contributed by atoms with Gasteiger partial charge in [0.25, 0.3) is 5.91 Å². The largest absolute Gasteiger partial charge is 0.369 e. The summed E-state index contributed by atoms with van der Waals surface area (Å²) in [6.07, 6.45) is 1.47. The van der Waals surface area contributed by atoms with Gasteiger partial charge < -0.3 is 10.6 Å². The monoisotopic (exact) mass is 337 g/mol. The molecule has 2 aromatic rings. The van der Waals surface area contributed by atoms with Gasteiger partial charge in [-0.25, -0.2) is 0 Å². The van der Waals surface area contributed by atoms with Crippen LogP contribution < -0.4 is 10.6 Å². The molecule has 2 heterocycles. The second-order valence-corrected chi connectivity index (χ2v) is 6.65. The first-order valence-corrected chi connectivity index (χ1v) is 8.47. The Labute approximate surface area is 145 Å². The van der Waals surface area contributed by atoms with E-state index in [4.69, 9.17) is 5.73 Å². The Bertz CT molecular complexity index is 887. The van der Waals surface area contributed by atoms with E-state index in [-0.39, 0.29) is 30.2 Å². The first-order chi connectivity index (χ1) is 12.1. The number of hydrogen-bond donors (Lipinski definition) is 1. The Morgan fingerprint density at radius 1 is 1.16 bits per heavy atom. The van der Waals surface area contributed by atoms with Gasteiger partial charge in [0, 0.05) is 24.0 Å². The Hall–Kier alpha value is -2.89. The molecule has 0 bridgehead atoms. The van der Waals surface area contributed by atoms with Gasteiger partial charge in [0.05, 0.1) is 11.6 Å². The fraction of sp³-hybridized carbons (Fsp3) is 0.316. The molecule has 2 aliphatic heterocycles. The number of rotatable bonds is 3. The average Bonchev–Trinajstić information content (AvgIpc) is 2.90. The van der Waals surface area contributed by atoms with E-state index < -0.39 is 0 Å². The topological polar surface area (TPSA) is 83.7 Å². The summed E-state index contributed by atoms with van der Waals surface area (Å²) < 4.78 is 0. The number of hydrogen-bond acceptors (Lipinski definition) is 3. The zero-order chi connectivity index (χ0) is 17.6. The number of piperidine rings is 1. The van der Waals surface area contributed by atoms with Crippen LogP contribution in [0.3, 0.4) is 0 Å². The molecule has 4 rings (SSSR count). The summed E-state index contributed by atoms with van der Waals surface area (Å²) in [5.74, 6) is -0.966. The molecule has 1 atom stereocenters. The van der Waals surface area contributed by atoms with Crippen molar-refractivity contribution < 1.29 is 14.4 Å². The van der Waals surface area contributed by atoms with Crippen molar-refractivity contribution >= 4 is 34.2 Å². The van der Waals surface area contributed by atoms with Crippen LogP contribution in [0, 0.1) is 5.92 Å². The van der Waals surface area contributed by atoms with Crippen LogP contribution in [0.5, 0.6) is 0 Å². The van der Waals surface area contributed by atoms with E-state index in [1.54, 1.807) is 11.0 Å². The highest BCUT2D eigenvalue weighted by Crippen LogP contribution is 2.37. The average molecular weight is 337 g/mol. The van der Waals surface area contributed by atoms with E-state index >= 15 is 0 Å². The van der Waals surface area contributed by atoms with Crippen LogP contribution in [0.2, 0.25) is 0 Å². The van der Waals surface area contributed by atoms with Crippen molar-refractivity contribution in [2.75, 3.05) is 24.5 Å². The lowest BCUT2D eigenvalue weighted by Gasteiger charge is -2.32. The van der Waals surface area contributed by atoms with Gasteiger partial charge in [0.1, 0.15) is 6.54 Å². The molecule has 2 aromatic carbocycles. The van der Waals surface area contributed by atoms with Crippen molar-refractivity contribution in [2.45, 2.75) is 12.8 Å². The first kappa shape index (κ1) is 15.6. The summed E-state index contributed by atoms with van der Waals surface area (Å²) in [7, 11) is 0. The molecule has 1 saturated heterocycles. The van der Waals surface area contributed by atoms with Crippen molar-refractivity contribution in [3.05, 3.63) is 42.0 Å². The number of nitrogens with zero attached hydrogens (tertiary/aromatic N) is 2. The maximum absolute atomic E-state index is 12.7. The van der Waals surface area contributed by atoms with E-state index in [9.17, 15) is 14.4 Å². The SMILES string of the molecule is NC(=O)C1CCCN(C(=O)CN2C(=O)c3cccc4cccc2c34)C1. The number of amides is 3. The van der Waals surface area contributed by atoms with E-state index in [1.165, 1.54) is 4.90 Å². The highest BCUT2D eigenvalue weighted by Gasteiger charge is 2.33. The molecule has 0 saturated carbocycles. The van der Waals surface area contributed by atoms with Crippen LogP contribution in [0.1, 0.15) is 23.2 Å². The maximum Gasteiger partial charge on any atom is 0.259 e. The Balaban J connectivity index is 1.58. The summed E-state index contributed by atoms with van der Waals surface area (Å²) in [6.45, 7) is 0.924. The molecular formula is C19H19N3O3. The molecule has 0 aromatic heterocycles. The molecule has 0 spiro atoms. The van der Waals surface area contributed by atoms with Crippen LogP contribution in [0.25, 0.3) is 10.8 Å². The minimum Gasteiger partial charge on any atom is -0.369 e. The molecule has 25 heavy (non-hydrogen) atoms. The van der Waals surface area contributed by atoms with Crippen molar-refractivity contribution in [3.63, 3.8) is 0 Å². The third-order valence-electron chi connectivity index (χ3n) is 5.12. The second-order valence-electron chi connectivity index (χ2n) is 6.65. The molecule has 1 unspecified atom stereocenters. The molecule has 2 aliphatic rings. The van der Waals surface area contributed by atoms with Gasteiger partial charge in [0.2, 0.25) is 11.8 Å². The van der Waals surface area contributed by atoms with Gasteiger partial charge in [-0.15, -0.1) is 0 Å². The van der Waals surface area contributed by atoms with Gasteiger partial charge in [-0.2, -0.15) is 0 Å².